The first kappa shape index (κ1) is 22.7. The van der Waals surface area contributed by atoms with Crippen LogP contribution in [0.25, 0.3) is 0 Å². The first-order chi connectivity index (χ1) is 12.3. The van der Waals surface area contributed by atoms with Gasteiger partial charge in [-0.1, -0.05) is 12.5 Å². The van der Waals surface area contributed by atoms with Crippen molar-refractivity contribution in [2.75, 3.05) is 32.7 Å². The highest BCUT2D eigenvalue weighted by Gasteiger charge is 2.15. The second kappa shape index (κ2) is 13.8. The van der Waals surface area contributed by atoms with Crippen LogP contribution in [0.1, 0.15) is 44.7 Å². The number of rotatable bonds is 8. The lowest BCUT2D eigenvalue weighted by Gasteiger charge is -2.20. The maximum Gasteiger partial charge on any atom is 0.222 e. The van der Waals surface area contributed by atoms with Crippen LogP contribution in [-0.2, 0) is 11.2 Å². The minimum absolute atomic E-state index is 0. The van der Waals surface area contributed by atoms with Gasteiger partial charge in [-0.05, 0) is 38.3 Å². The van der Waals surface area contributed by atoms with E-state index < -0.39 is 0 Å². The summed E-state index contributed by atoms with van der Waals surface area (Å²) in [6, 6.07) is 5.97. The minimum atomic E-state index is 0. The Balaban J connectivity index is 0.00000338. The lowest BCUT2D eigenvalue weighted by atomic mass is 10.2. The molecule has 0 saturated carbocycles. The normalized spacial score (nSPS) is 15.2. The number of nitrogens with one attached hydrogen (secondary N) is 2. The fourth-order valence-electron chi connectivity index (χ4n) is 2.92. The zero-order valence-corrected chi connectivity index (χ0v) is 18.1. The predicted octanol–water partition coefficient (Wildman–Crippen LogP) is 2.59. The zero-order chi connectivity index (χ0) is 17.7. The number of aromatic nitrogens is 1. The number of aliphatic imine (C=N–C) groups is 1. The molecule has 0 radical (unpaired) electrons. The van der Waals surface area contributed by atoms with Crippen LogP contribution in [0, 0.1) is 0 Å². The Kier molecular flexibility index (Phi) is 12.0. The van der Waals surface area contributed by atoms with E-state index in [9.17, 15) is 4.79 Å². The molecular formula is C19H32IN5O. The fourth-order valence-corrected chi connectivity index (χ4v) is 2.92. The van der Waals surface area contributed by atoms with Gasteiger partial charge in [0.15, 0.2) is 5.96 Å². The molecule has 1 aromatic rings. The van der Waals surface area contributed by atoms with Gasteiger partial charge in [-0.2, -0.15) is 0 Å². The largest absolute Gasteiger partial charge is 0.357 e. The van der Waals surface area contributed by atoms with E-state index in [1.165, 1.54) is 6.42 Å². The topological polar surface area (TPSA) is 69.6 Å². The summed E-state index contributed by atoms with van der Waals surface area (Å²) in [7, 11) is 0. The summed E-state index contributed by atoms with van der Waals surface area (Å²) in [5.74, 6) is 1.14. The number of amides is 1. The molecule has 2 heterocycles. The van der Waals surface area contributed by atoms with Crippen LogP contribution < -0.4 is 10.6 Å². The van der Waals surface area contributed by atoms with Gasteiger partial charge in [0.1, 0.15) is 0 Å². The predicted molar refractivity (Wildman–Crippen MR) is 117 cm³/mol. The molecule has 0 aliphatic carbocycles. The van der Waals surface area contributed by atoms with Crippen LogP contribution in [0.4, 0.5) is 0 Å². The van der Waals surface area contributed by atoms with Gasteiger partial charge in [0, 0.05) is 57.5 Å². The number of carbonyl (C=O) groups excluding carboxylic acids is 1. The molecule has 2 rings (SSSR count). The van der Waals surface area contributed by atoms with E-state index in [4.69, 9.17) is 0 Å². The third-order valence-electron chi connectivity index (χ3n) is 4.27. The molecule has 1 aromatic heterocycles. The molecule has 1 fully saturated rings. The molecule has 2 N–H and O–H groups in total. The highest BCUT2D eigenvalue weighted by atomic mass is 127. The third kappa shape index (κ3) is 8.82. The van der Waals surface area contributed by atoms with Crippen molar-refractivity contribution in [1.29, 1.82) is 0 Å². The second-order valence-electron chi connectivity index (χ2n) is 6.30. The Morgan fingerprint density at radius 2 is 2.15 bits per heavy atom. The van der Waals surface area contributed by atoms with Crippen LogP contribution in [0.2, 0.25) is 0 Å². The molecule has 1 saturated heterocycles. The summed E-state index contributed by atoms with van der Waals surface area (Å²) < 4.78 is 0. The molecule has 7 heteroatoms. The Hall–Kier alpha value is -1.38. The SMILES string of the molecule is CCNC(=NCCCN1CCCCCC1=O)NCCc1ccccn1.I. The standard InChI is InChI=1S/C19H31N5O.HI/c1-2-20-19(23-14-11-17-9-5-6-12-21-17)22-13-8-16-24-15-7-3-4-10-18(24)25;/h5-6,9,12H,2-4,7-8,10-11,13-16H2,1H3,(H2,20,22,23);1H. The average Bonchev–Trinajstić information content (AvgIpc) is 2.84. The Bertz CT molecular complexity index is 538. The van der Waals surface area contributed by atoms with E-state index in [-0.39, 0.29) is 24.0 Å². The van der Waals surface area contributed by atoms with E-state index in [0.29, 0.717) is 12.3 Å². The highest BCUT2D eigenvalue weighted by molar-refractivity contribution is 14.0. The van der Waals surface area contributed by atoms with Crippen molar-refractivity contribution < 1.29 is 4.79 Å². The highest BCUT2D eigenvalue weighted by Crippen LogP contribution is 2.11. The summed E-state index contributed by atoms with van der Waals surface area (Å²) in [4.78, 5) is 22.9. The maximum atomic E-state index is 12.0. The first-order valence-corrected chi connectivity index (χ1v) is 9.49. The summed E-state index contributed by atoms with van der Waals surface area (Å²) in [5.41, 5.74) is 1.07. The van der Waals surface area contributed by atoms with Crippen LogP contribution in [0.3, 0.4) is 0 Å². The number of likely N-dealkylation sites (tertiary alicyclic amines) is 1. The average molecular weight is 473 g/mol. The smallest absolute Gasteiger partial charge is 0.222 e. The van der Waals surface area contributed by atoms with Gasteiger partial charge in [0.05, 0.1) is 0 Å². The third-order valence-corrected chi connectivity index (χ3v) is 4.27. The van der Waals surface area contributed by atoms with Gasteiger partial charge in [0.2, 0.25) is 5.91 Å². The Morgan fingerprint density at radius 1 is 1.27 bits per heavy atom. The monoisotopic (exact) mass is 473 g/mol. The molecule has 1 aliphatic heterocycles. The number of nitrogens with zero attached hydrogens (tertiary/aromatic N) is 3. The molecular weight excluding hydrogens is 441 g/mol. The van der Waals surface area contributed by atoms with E-state index in [0.717, 1.165) is 70.1 Å². The van der Waals surface area contributed by atoms with Crippen LogP contribution >= 0.6 is 24.0 Å². The number of guanidine groups is 1. The summed E-state index contributed by atoms with van der Waals surface area (Å²) in [5, 5.41) is 6.61. The van der Waals surface area contributed by atoms with Gasteiger partial charge in [-0.15, -0.1) is 24.0 Å². The molecule has 0 spiro atoms. The quantitative estimate of drug-likeness (QED) is 0.264. The number of carbonyl (C=O) groups is 1. The number of hydrogen-bond donors (Lipinski definition) is 2. The minimum Gasteiger partial charge on any atom is -0.357 e. The van der Waals surface area contributed by atoms with Crippen molar-refractivity contribution in [2.45, 2.75) is 45.4 Å². The van der Waals surface area contributed by atoms with Gasteiger partial charge < -0.3 is 15.5 Å². The van der Waals surface area contributed by atoms with E-state index in [1.54, 1.807) is 0 Å². The van der Waals surface area contributed by atoms with Crippen molar-refractivity contribution in [3.8, 4) is 0 Å². The number of hydrogen-bond acceptors (Lipinski definition) is 3. The molecule has 0 aromatic carbocycles. The number of pyridine rings is 1. The first-order valence-electron chi connectivity index (χ1n) is 9.49. The lowest BCUT2D eigenvalue weighted by molar-refractivity contribution is -0.130. The van der Waals surface area contributed by atoms with Crippen molar-refractivity contribution in [3.63, 3.8) is 0 Å². The van der Waals surface area contributed by atoms with E-state index >= 15 is 0 Å². The molecule has 26 heavy (non-hydrogen) atoms. The van der Waals surface area contributed by atoms with Crippen molar-refractivity contribution in [3.05, 3.63) is 30.1 Å². The molecule has 6 nitrogen and oxygen atoms in total. The van der Waals surface area contributed by atoms with Crippen LogP contribution in [0.5, 0.6) is 0 Å². The Morgan fingerprint density at radius 3 is 2.92 bits per heavy atom. The maximum absolute atomic E-state index is 12.0. The number of halogens is 1. The van der Waals surface area contributed by atoms with E-state index in [1.807, 2.05) is 29.3 Å². The Labute approximate surface area is 174 Å². The molecule has 146 valence electrons. The summed E-state index contributed by atoms with van der Waals surface area (Å²) in [6.45, 7) is 6.14. The van der Waals surface area contributed by atoms with Gasteiger partial charge in [0.25, 0.3) is 0 Å². The van der Waals surface area contributed by atoms with Gasteiger partial charge >= 0.3 is 0 Å². The van der Waals surface area contributed by atoms with Crippen molar-refractivity contribution in [1.82, 2.24) is 20.5 Å². The molecule has 1 amide bonds. The second-order valence-corrected chi connectivity index (χ2v) is 6.30. The summed E-state index contributed by atoms with van der Waals surface area (Å²) in [6.07, 6.45) is 7.64. The molecule has 0 atom stereocenters. The molecule has 1 aliphatic rings. The fraction of sp³-hybridized carbons (Fsp3) is 0.632. The zero-order valence-electron chi connectivity index (χ0n) is 15.7. The summed E-state index contributed by atoms with van der Waals surface area (Å²) >= 11 is 0. The molecule has 0 bridgehead atoms. The van der Waals surface area contributed by atoms with Crippen LogP contribution in [0.15, 0.2) is 29.4 Å². The van der Waals surface area contributed by atoms with Crippen molar-refractivity contribution in [2.24, 2.45) is 4.99 Å². The molecule has 0 unspecified atom stereocenters. The van der Waals surface area contributed by atoms with Gasteiger partial charge in [-0.3, -0.25) is 14.8 Å². The van der Waals surface area contributed by atoms with Gasteiger partial charge in [-0.25, -0.2) is 0 Å². The lowest BCUT2D eigenvalue weighted by Crippen LogP contribution is -2.38. The van der Waals surface area contributed by atoms with Crippen LogP contribution in [-0.4, -0.2) is 54.5 Å². The van der Waals surface area contributed by atoms with E-state index in [2.05, 4.69) is 27.5 Å². The van der Waals surface area contributed by atoms with Crippen molar-refractivity contribution >= 4 is 35.8 Å².